The normalized spacial score (nSPS) is 20.5. The van der Waals surface area contributed by atoms with Crippen LogP contribution in [0.4, 0.5) is 5.95 Å². The molecule has 174 valence electrons. The third kappa shape index (κ3) is 4.19. The molecule has 2 aromatic heterocycles. The molecule has 6 rings (SSSR count). The second kappa shape index (κ2) is 9.19. The van der Waals surface area contributed by atoms with Crippen LogP contribution in [0.3, 0.4) is 0 Å². The van der Waals surface area contributed by atoms with Gasteiger partial charge in [0.25, 0.3) is 0 Å². The first-order chi connectivity index (χ1) is 16.7. The van der Waals surface area contributed by atoms with E-state index in [4.69, 9.17) is 16.7 Å². The van der Waals surface area contributed by atoms with Crippen LogP contribution in [0.5, 0.6) is 0 Å². The van der Waals surface area contributed by atoms with Crippen molar-refractivity contribution >= 4 is 17.5 Å². The standard InChI is InChI=1S/C25H27ClN8/c26-20-5-6-22-19(14-20)15-32(16-21-4-1-2-9-27-21)17-23-30-31-24(34(22)23)18-7-12-33(13-8-18)25-28-10-3-11-29-25/h1-6,9-11,14,18,21,27H,7-8,12-13,15-17H2. The SMILES string of the molecule is Clc1ccc2c(c1)CN(CC1C=CC=CN1)Cc1nnc(C3CCN(c4ncccn4)CC3)n1-2. The van der Waals surface area contributed by atoms with Crippen LogP contribution in [0.2, 0.25) is 5.02 Å². The van der Waals surface area contributed by atoms with Crippen LogP contribution in [0.15, 0.2) is 61.1 Å². The molecule has 0 radical (unpaired) electrons. The number of dihydropyridines is 1. The van der Waals surface area contributed by atoms with Gasteiger partial charge in [-0.25, -0.2) is 9.97 Å². The molecule has 0 saturated carbocycles. The van der Waals surface area contributed by atoms with E-state index in [2.05, 4.69) is 59.0 Å². The van der Waals surface area contributed by atoms with Gasteiger partial charge in [-0.2, -0.15) is 0 Å². The second-order valence-electron chi connectivity index (χ2n) is 9.08. The third-order valence-electron chi connectivity index (χ3n) is 6.81. The van der Waals surface area contributed by atoms with E-state index in [9.17, 15) is 0 Å². The lowest BCUT2D eigenvalue weighted by Gasteiger charge is -2.31. The van der Waals surface area contributed by atoms with Crippen molar-refractivity contribution in [1.29, 1.82) is 0 Å². The van der Waals surface area contributed by atoms with Crippen LogP contribution in [-0.4, -0.2) is 55.3 Å². The van der Waals surface area contributed by atoms with E-state index in [0.29, 0.717) is 5.92 Å². The van der Waals surface area contributed by atoms with Crippen molar-refractivity contribution < 1.29 is 0 Å². The molecule has 1 unspecified atom stereocenters. The van der Waals surface area contributed by atoms with Gasteiger partial charge in [0, 0.05) is 49.5 Å². The molecule has 8 nitrogen and oxygen atoms in total. The van der Waals surface area contributed by atoms with Gasteiger partial charge in [0.15, 0.2) is 5.82 Å². The predicted octanol–water partition coefficient (Wildman–Crippen LogP) is 3.45. The van der Waals surface area contributed by atoms with Gasteiger partial charge >= 0.3 is 0 Å². The van der Waals surface area contributed by atoms with Crippen LogP contribution in [0.25, 0.3) is 5.69 Å². The number of piperidine rings is 1. The van der Waals surface area contributed by atoms with E-state index >= 15 is 0 Å². The summed E-state index contributed by atoms with van der Waals surface area (Å²) in [5.41, 5.74) is 2.35. The largest absolute Gasteiger partial charge is 0.383 e. The average molecular weight is 475 g/mol. The van der Waals surface area contributed by atoms with Gasteiger partial charge in [-0.1, -0.05) is 23.8 Å². The maximum absolute atomic E-state index is 6.42. The number of anilines is 1. The van der Waals surface area contributed by atoms with Gasteiger partial charge in [-0.05, 0) is 54.9 Å². The van der Waals surface area contributed by atoms with Crippen molar-refractivity contribution in [1.82, 2.24) is 34.9 Å². The number of nitrogens with one attached hydrogen (secondary N) is 1. The van der Waals surface area contributed by atoms with E-state index < -0.39 is 0 Å². The van der Waals surface area contributed by atoms with E-state index in [1.54, 1.807) is 12.4 Å². The number of benzene rings is 1. The smallest absolute Gasteiger partial charge is 0.225 e. The Morgan fingerprint density at radius 1 is 1.03 bits per heavy atom. The van der Waals surface area contributed by atoms with Crippen molar-refractivity contribution in [2.24, 2.45) is 0 Å². The first-order valence-corrected chi connectivity index (χ1v) is 12.2. The van der Waals surface area contributed by atoms with Crippen molar-refractivity contribution in [3.8, 4) is 5.69 Å². The van der Waals surface area contributed by atoms with Crippen molar-refractivity contribution in [3.63, 3.8) is 0 Å². The number of aromatic nitrogens is 5. The molecule has 0 aliphatic carbocycles. The fourth-order valence-electron chi connectivity index (χ4n) is 5.16. The number of fused-ring (bicyclic) bond motifs is 3. The molecule has 1 aromatic carbocycles. The first-order valence-electron chi connectivity index (χ1n) is 11.8. The number of rotatable bonds is 4. The van der Waals surface area contributed by atoms with Gasteiger partial charge in [0.2, 0.25) is 5.95 Å². The molecule has 1 saturated heterocycles. The number of hydrogen-bond donors (Lipinski definition) is 1. The quantitative estimate of drug-likeness (QED) is 0.620. The van der Waals surface area contributed by atoms with E-state index in [0.717, 1.165) is 73.9 Å². The summed E-state index contributed by atoms with van der Waals surface area (Å²) in [6.07, 6.45) is 13.9. The maximum Gasteiger partial charge on any atom is 0.225 e. The maximum atomic E-state index is 6.42. The Bertz CT molecular complexity index is 1210. The van der Waals surface area contributed by atoms with Gasteiger partial charge in [-0.3, -0.25) is 9.47 Å². The van der Waals surface area contributed by atoms with Crippen LogP contribution < -0.4 is 10.2 Å². The minimum atomic E-state index is 0.270. The molecule has 9 heteroatoms. The lowest BCUT2D eigenvalue weighted by Crippen LogP contribution is -2.37. The average Bonchev–Trinajstić information content (AvgIpc) is 3.22. The Morgan fingerprint density at radius 3 is 2.68 bits per heavy atom. The molecule has 3 aliphatic heterocycles. The molecular weight excluding hydrogens is 448 g/mol. The lowest BCUT2D eigenvalue weighted by molar-refractivity contribution is 0.241. The molecule has 3 aliphatic rings. The van der Waals surface area contributed by atoms with Crippen LogP contribution >= 0.6 is 11.6 Å². The molecule has 0 amide bonds. The zero-order valence-corrected chi connectivity index (χ0v) is 19.6. The highest BCUT2D eigenvalue weighted by Gasteiger charge is 2.31. The van der Waals surface area contributed by atoms with E-state index in [1.165, 1.54) is 5.56 Å². The molecule has 1 N–H and O–H groups in total. The lowest BCUT2D eigenvalue weighted by atomic mass is 9.95. The number of nitrogens with zero attached hydrogens (tertiary/aromatic N) is 7. The van der Waals surface area contributed by atoms with E-state index in [1.807, 2.05) is 24.4 Å². The minimum absolute atomic E-state index is 0.270. The van der Waals surface area contributed by atoms with Gasteiger partial charge in [0.1, 0.15) is 5.82 Å². The monoisotopic (exact) mass is 474 g/mol. The molecule has 34 heavy (non-hydrogen) atoms. The van der Waals surface area contributed by atoms with Gasteiger partial charge < -0.3 is 10.2 Å². The number of hydrogen-bond acceptors (Lipinski definition) is 7. The molecule has 0 bridgehead atoms. The van der Waals surface area contributed by atoms with Crippen LogP contribution in [0, 0.1) is 0 Å². The summed E-state index contributed by atoms with van der Waals surface area (Å²) in [7, 11) is 0. The van der Waals surface area contributed by atoms with Crippen molar-refractivity contribution in [2.75, 3.05) is 24.5 Å². The van der Waals surface area contributed by atoms with Gasteiger partial charge in [0.05, 0.1) is 18.3 Å². The molecule has 1 atom stereocenters. The molecule has 5 heterocycles. The summed E-state index contributed by atoms with van der Waals surface area (Å²) in [6.45, 7) is 4.25. The van der Waals surface area contributed by atoms with Crippen molar-refractivity contribution in [3.05, 3.63) is 83.3 Å². The summed E-state index contributed by atoms with van der Waals surface area (Å²) in [6, 6.07) is 8.29. The molecule has 0 spiro atoms. The fraction of sp³-hybridized carbons (Fsp3) is 0.360. The Morgan fingerprint density at radius 2 is 1.88 bits per heavy atom. The van der Waals surface area contributed by atoms with Crippen LogP contribution in [0.1, 0.15) is 36.0 Å². The summed E-state index contributed by atoms with van der Waals surface area (Å²) >= 11 is 6.42. The van der Waals surface area contributed by atoms with Gasteiger partial charge in [-0.15, -0.1) is 10.2 Å². The molecule has 3 aromatic rings. The highest BCUT2D eigenvalue weighted by Crippen LogP contribution is 2.34. The highest BCUT2D eigenvalue weighted by molar-refractivity contribution is 6.30. The summed E-state index contributed by atoms with van der Waals surface area (Å²) in [5, 5.41) is 13.6. The summed E-state index contributed by atoms with van der Waals surface area (Å²) < 4.78 is 2.29. The molecular formula is C25H27ClN8. The Hall–Kier alpha value is -3.23. The molecule has 1 fully saturated rings. The first kappa shape index (κ1) is 21.3. The number of allylic oxidation sites excluding steroid dienone is 2. The predicted molar refractivity (Wildman–Crippen MR) is 132 cm³/mol. The summed E-state index contributed by atoms with van der Waals surface area (Å²) in [4.78, 5) is 13.5. The highest BCUT2D eigenvalue weighted by atomic mass is 35.5. The Balaban J connectivity index is 1.28. The zero-order chi connectivity index (χ0) is 22.9. The third-order valence-corrected chi connectivity index (χ3v) is 7.04. The zero-order valence-electron chi connectivity index (χ0n) is 18.9. The Kier molecular flexibility index (Phi) is 5.76. The fourth-order valence-corrected chi connectivity index (χ4v) is 5.35. The van der Waals surface area contributed by atoms with E-state index in [-0.39, 0.29) is 6.04 Å². The Labute approximate surface area is 204 Å². The van der Waals surface area contributed by atoms with Crippen LogP contribution in [-0.2, 0) is 13.1 Å². The minimum Gasteiger partial charge on any atom is -0.383 e. The second-order valence-corrected chi connectivity index (χ2v) is 9.52. The van der Waals surface area contributed by atoms with Crippen molar-refractivity contribution in [2.45, 2.75) is 37.9 Å². The summed E-state index contributed by atoms with van der Waals surface area (Å²) in [5.74, 6) is 3.18. The number of halogens is 1. The topological polar surface area (TPSA) is 75.0 Å².